The molecule has 0 radical (unpaired) electrons. The zero-order valence-electron chi connectivity index (χ0n) is 7.48. The van der Waals surface area contributed by atoms with Gasteiger partial charge in [0.25, 0.3) is 0 Å². The summed E-state index contributed by atoms with van der Waals surface area (Å²) in [5.74, 6) is 0.363. The van der Waals surface area contributed by atoms with Crippen molar-refractivity contribution in [3.8, 4) is 0 Å². The van der Waals surface area contributed by atoms with Crippen LogP contribution in [0.4, 0.5) is 0 Å². The smallest absolute Gasteiger partial charge is 0.0708 e. The Morgan fingerprint density at radius 2 is 2.15 bits per heavy atom. The number of aliphatic hydroxyl groups excluding tert-OH is 1. The van der Waals surface area contributed by atoms with E-state index in [0.717, 1.165) is 19.5 Å². The molecule has 70 valence electrons. The van der Waals surface area contributed by atoms with Crippen LogP contribution in [0.3, 0.4) is 0 Å². The van der Waals surface area contributed by atoms with Crippen LogP contribution in [0.1, 0.15) is 5.56 Å². The van der Waals surface area contributed by atoms with Crippen molar-refractivity contribution in [2.45, 2.75) is 12.5 Å². The van der Waals surface area contributed by atoms with E-state index in [1.807, 2.05) is 12.1 Å². The Morgan fingerprint density at radius 1 is 1.38 bits per heavy atom. The second kappa shape index (κ2) is 3.85. The van der Waals surface area contributed by atoms with Gasteiger partial charge in [0.15, 0.2) is 0 Å². The molecule has 1 aliphatic heterocycles. The second-order valence-electron chi connectivity index (χ2n) is 3.55. The van der Waals surface area contributed by atoms with Gasteiger partial charge in [-0.05, 0) is 24.1 Å². The highest BCUT2D eigenvalue weighted by molar-refractivity contribution is 5.11. The number of aromatic nitrogens is 1. The van der Waals surface area contributed by atoms with Gasteiger partial charge in [-0.25, -0.2) is 0 Å². The maximum Gasteiger partial charge on any atom is 0.0708 e. The van der Waals surface area contributed by atoms with Crippen molar-refractivity contribution in [1.29, 1.82) is 0 Å². The summed E-state index contributed by atoms with van der Waals surface area (Å²) in [5.41, 5.74) is 1.25. The van der Waals surface area contributed by atoms with Gasteiger partial charge in [0.2, 0.25) is 0 Å². The highest BCUT2D eigenvalue weighted by Crippen LogP contribution is 2.14. The zero-order chi connectivity index (χ0) is 9.10. The number of rotatable bonds is 2. The molecule has 2 heterocycles. The van der Waals surface area contributed by atoms with Crippen LogP contribution in [0.2, 0.25) is 0 Å². The molecule has 0 aromatic carbocycles. The number of hydrogen-bond donors (Lipinski definition) is 2. The van der Waals surface area contributed by atoms with Crippen LogP contribution in [0.5, 0.6) is 0 Å². The van der Waals surface area contributed by atoms with E-state index >= 15 is 0 Å². The predicted molar refractivity (Wildman–Crippen MR) is 50.3 cm³/mol. The Morgan fingerprint density at radius 3 is 2.77 bits per heavy atom. The molecule has 13 heavy (non-hydrogen) atoms. The fraction of sp³-hybridized carbons (Fsp3) is 0.500. The Bertz CT molecular complexity index is 263. The van der Waals surface area contributed by atoms with Crippen molar-refractivity contribution in [1.82, 2.24) is 10.3 Å². The average Bonchev–Trinajstić information content (AvgIpc) is 2.54. The monoisotopic (exact) mass is 178 g/mol. The van der Waals surface area contributed by atoms with Gasteiger partial charge in [0, 0.05) is 31.4 Å². The van der Waals surface area contributed by atoms with Crippen molar-refractivity contribution >= 4 is 0 Å². The van der Waals surface area contributed by atoms with Gasteiger partial charge < -0.3 is 10.4 Å². The molecule has 0 unspecified atom stereocenters. The minimum Gasteiger partial charge on any atom is -0.391 e. The first-order valence-electron chi connectivity index (χ1n) is 4.64. The lowest BCUT2D eigenvalue weighted by molar-refractivity contribution is 0.147. The molecular formula is C10H14N2O. The Hall–Kier alpha value is -0.930. The van der Waals surface area contributed by atoms with Crippen molar-refractivity contribution < 1.29 is 5.11 Å². The Labute approximate surface area is 77.8 Å². The van der Waals surface area contributed by atoms with Crippen LogP contribution in [0.25, 0.3) is 0 Å². The lowest BCUT2D eigenvalue weighted by atomic mass is 9.97. The minimum atomic E-state index is -0.187. The van der Waals surface area contributed by atoms with Crippen LogP contribution in [0.15, 0.2) is 24.5 Å². The maximum atomic E-state index is 9.57. The third-order valence-electron chi connectivity index (χ3n) is 2.55. The fourth-order valence-corrected chi connectivity index (χ4v) is 1.75. The van der Waals surface area contributed by atoms with Crippen LogP contribution in [-0.4, -0.2) is 29.3 Å². The number of pyridine rings is 1. The summed E-state index contributed by atoms with van der Waals surface area (Å²) < 4.78 is 0. The first-order valence-corrected chi connectivity index (χ1v) is 4.64. The number of β-amino-alcohol motifs (C(OH)–C–C–N with tert-alkyl or cyclic N) is 1. The van der Waals surface area contributed by atoms with Gasteiger partial charge >= 0.3 is 0 Å². The minimum absolute atomic E-state index is 0.187. The van der Waals surface area contributed by atoms with Crippen molar-refractivity contribution in [3.63, 3.8) is 0 Å². The summed E-state index contributed by atoms with van der Waals surface area (Å²) in [5, 5.41) is 12.7. The summed E-state index contributed by atoms with van der Waals surface area (Å²) in [6.45, 7) is 1.65. The molecule has 2 atom stereocenters. The molecule has 3 heteroatoms. The molecule has 1 saturated heterocycles. The van der Waals surface area contributed by atoms with E-state index in [1.54, 1.807) is 12.4 Å². The molecule has 0 spiro atoms. The summed E-state index contributed by atoms with van der Waals surface area (Å²) in [4.78, 5) is 3.96. The fourth-order valence-electron chi connectivity index (χ4n) is 1.75. The molecule has 2 N–H and O–H groups in total. The number of nitrogens with one attached hydrogen (secondary N) is 1. The summed E-state index contributed by atoms with van der Waals surface area (Å²) in [6.07, 6.45) is 4.35. The highest BCUT2D eigenvalue weighted by Gasteiger charge is 2.24. The number of nitrogens with zero attached hydrogens (tertiary/aromatic N) is 1. The van der Waals surface area contributed by atoms with Crippen molar-refractivity contribution in [2.75, 3.05) is 13.1 Å². The molecule has 3 nitrogen and oxygen atoms in total. The van der Waals surface area contributed by atoms with E-state index in [9.17, 15) is 5.11 Å². The lowest BCUT2D eigenvalue weighted by Gasteiger charge is -2.12. The molecule has 1 aliphatic rings. The second-order valence-corrected chi connectivity index (χ2v) is 3.55. The quantitative estimate of drug-likeness (QED) is 0.680. The van der Waals surface area contributed by atoms with Gasteiger partial charge in [0.05, 0.1) is 6.10 Å². The van der Waals surface area contributed by atoms with Gasteiger partial charge in [0.1, 0.15) is 0 Å². The molecule has 0 saturated carbocycles. The van der Waals surface area contributed by atoms with E-state index in [4.69, 9.17) is 0 Å². The predicted octanol–water partition coefficient (Wildman–Crippen LogP) is 0.204. The topological polar surface area (TPSA) is 45.1 Å². The molecule has 0 amide bonds. The molecule has 0 bridgehead atoms. The van der Waals surface area contributed by atoms with Gasteiger partial charge in [-0.1, -0.05) is 0 Å². The van der Waals surface area contributed by atoms with Crippen molar-refractivity contribution in [2.24, 2.45) is 5.92 Å². The maximum absolute atomic E-state index is 9.57. The SMILES string of the molecule is O[C@H]1CNC[C@H]1Cc1ccncc1. The first-order chi connectivity index (χ1) is 6.36. The normalized spacial score (nSPS) is 27.8. The first kappa shape index (κ1) is 8.66. The summed E-state index contributed by atoms with van der Waals surface area (Å²) in [7, 11) is 0. The summed E-state index contributed by atoms with van der Waals surface area (Å²) in [6, 6.07) is 4.01. The number of hydrogen-bond acceptors (Lipinski definition) is 3. The highest BCUT2D eigenvalue weighted by atomic mass is 16.3. The lowest BCUT2D eigenvalue weighted by Crippen LogP contribution is -2.19. The third kappa shape index (κ3) is 2.05. The molecule has 1 fully saturated rings. The number of aliphatic hydroxyl groups is 1. The summed E-state index contributed by atoms with van der Waals surface area (Å²) >= 11 is 0. The van der Waals surface area contributed by atoms with Gasteiger partial charge in [-0.15, -0.1) is 0 Å². The molecule has 0 aliphatic carbocycles. The van der Waals surface area contributed by atoms with Crippen LogP contribution in [0, 0.1) is 5.92 Å². The van der Waals surface area contributed by atoms with Crippen LogP contribution < -0.4 is 5.32 Å². The molecule has 1 aromatic rings. The van der Waals surface area contributed by atoms with E-state index in [0.29, 0.717) is 5.92 Å². The van der Waals surface area contributed by atoms with E-state index in [-0.39, 0.29) is 6.10 Å². The molecular weight excluding hydrogens is 164 g/mol. The third-order valence-corrected chi connectivity index (χ3v) is 2.55. The standard InChI is InChI=1S/C10H14N2O/c13-10-7-12-6-9(10)5-8-1-3-11-4-2-8/h1-4,9-10,12-13H,5-7H2/t9-,10+/m1/s1. The van der Waals surface area contributed by atoms with Gasteiger partial charge in [-0.3, -0.25) is 4.98 Å². The van der Waals surface area contributed by atoms with E-state index in [2.05, 4.69) is 10.3 Å². The van der Waals surface area contributed by atoms with E-state index in [1.165, 1.54) is 5.56 Å². The molecule has 1 aromatic heterocycles. The van der Waals surface area contributed by atoms with Gasteiger partial charge in [-0.2, -0.15) is 0 Å². The van der Waals surface area contributed by atoms with E-state index < -0.39 is 0 Å². The Balaban J connectivity index is 1.98. The Kier molecular flexibility index (Phi) is 2.57. The van der Waals surface area contributed by atoms with Crippen LogP contribution >= 0.6 is 0 Å². The van der Waals surface area contributed by atoms with Crippen LogP contribution in [-0.2, 0) is 6.42 Å². The average molecular weight is 178 g/mol. The molecule has 2 rings (SSSR count). The largest absolute Gasteiger partial charge is 0.391 e. The zero-order valence-corrected chi connectivity index (χ0v) is 7.48. The van der Waals surface area contributed by atoms with Crippen molar-refractivity contribution in [3.05, 3.63) is 30.1 Å².